The van der Waals surface area contributed by atoms with Gasteiger partial charge in [-0.05, 0) is 29.3 Å². The molecular weight excluding hydrogens is 459 g/mol. The Morgan fingerprint density at radius 1 is 1.00 bits per heavy atom. The molecule has 8 nitrogen and oxygen atoms in total. The molecule has 4 rings (SSSR count). The van der Waals surface area contributed by atoms with Gasteiger partial charge >= 0.3 is 6.18 Å². The molecule has 0 unspecified atom stereocenters. The molecule has 0 atom stereocenters. The van der Waals surface area contributed by atoms with Crippen LogP contribution in [0.5, 0.6) is 0 Å². The molecule has 0 spiro atoms. The highest BCUT2D eigenvalue weighted by Crippen LogP contribution is 2.35. The Labute approximate surface area is 201 Å². The quantitative estimate of drug-likeness (QED) is 0.574. The zero-order valence-corrected chi connectivity index (χ0v) is 19.2. The molecule has 1 aliphatic rings. The number of anilines is 2. The minimum atomic E-state index is -4.45. The summed E-state index contributed by atoms with van der Waals surface area (Å²) in [4.78, 5) is 29.8. The average molecular weight is 486 g/mol. The predicted octanol–water partition coefficient (Wildman–Crippen LogP) is 2.80. The van der Waals surface area contributed by atoms with Crippen LogP contribution in [0.25, 0.3) is 11.1 Å². The van der Waals surface area contributed by atoms with E-state index in [2.05, 4.69) is 15.0 Å². The predicted molar refractivity (Wildman–Crippen MR) is 127 cm³/mol. The molecule has 184 valence electrons. The lowest BCUT2D eigenvalue weighted by Gasteiger charge is -2.36. The van der Waals surface area contributed by atoms with Gasteiger partial charge < -0.3 is 20.4 Å². The summed E-state index contributed by atoms with van der Waals surface area (Å²) in [5, 5.41) is 0. The second kappa shape index (κ2) is 10.3. The SMILES string of the molecule is CN(Cc1cccc(-c2cnc(N3CCN(c4ncccc4C(F)(F)F)CC3)nc2)c1)C(=O)CN. The van der Waals surface area contributed by atoms with Gasteiger partial charge in [0.15, 0.2) is 0 Å². The van der Waals surface area contributed by atoms with E-state index in [4.69, 9.17) is 5.73 Å². The molecule has 11 heteroatoms. The van der Waals surface area contributed by atoms with Gasteiger partial charge in [0.05, 0.1) is 12.1 Å². The molecule has 1 aromatic carbocycles. The molecule has 0 bridgehead atoms. The third-order valence-electron chi connectivity index (χ3n) is 5.87. The average Bonchev–Trinajstić information content (AvgIpc) is 2.88. The van der Waals surface area contributed by atoms with Crippen molar-refractivity contribution in [1.82, 2.24) is 19.9 Å². The largest absolute Gasteiger partial charge is 0.419 e. The van der Waals surface area contributed by atoms with Gasteiger partial charge in [-0.3, -0.25) is 4.79 Å². The zero-order chi connectivity index (χ0) is 25.0. The Morgan fingerprint density at radius 3 is 2.34 bits per heavy atom. The van der Waals surface area contributed by atoms with Crippen LogP contribution in [-0.2, 0) is 17.5 Å². The number of likely N-dealkylation sites (N-methyl/N-ethyl adjacent to an activating group) is 1. The lowest BCUT2D eigenvalue weighted by atomic mass is 10.1. The topological polar surface area (TPSA) is 91.5 Å². The molecule has 1 saturated heterocycles. The van der Waals surface area contributed by atoms with Crippen LogP contribution in [-0.4, -0.2) is 65.5 Å². The van der Waals surface area contributed by atoms with Crippen LogP contribution in [0.4, 0.5) is 24.9 Å². The van der Waals surface area contributed by atoms with Crippen molar-refractivity contribution in [2.24, 2.45) is 5.73 Å². The lowest BCUT2D eigenvalue weighted by molar-refractivity contribution is -0.137. The van der Waals surface area contributed by atoms with E-state index in [-0.39, 0.29) is 18.3 Å². The number of nitrogens with two attached hydrogens (primary N) is 1. The van der Waals surface area contributed by atoms with Gasteiger partial charge in [0.1, 0.15) is 5.82 Å². The molecule has 0 saturated carbocycles. The number of carbonyl (C=O) groups excluding carboxylic acids is 1. The summed E-state index contributed by atoms with van der Waals surface area (Å²) < 4.78 is 40.0. The number of alkyl halides is 3. The Morgan fingerprint density at radius 2 is 1.69 bits per heavy atom. The maximum Gasteiger partial charge on any atom is 0.419 e. The highest BCUT2D eigenvalue weighted by atomic mass is 19.4. The van der Waals surface area contributed by atoms with Crippen molar-refractivity contribution in [3.05, 3.63) is 66.1 Å². The second-order valence-corrected chi connectivity index (χ2v) is 8.27. The van der Waals surface area contributed by atoms with Gasteiger partial charge in [-0.25, -0.2) is 15.0 Å². The molecule has 1 aliphatic heterocycles. The molecule has 1 fully saturated rings. The minimum absolute atomic E-state index is 0.0366. The number of pyridine rings is 1. The number of hydrogen-bond acceptors (Lipinski definition) is 7. The summed E-state index contributed by atoms with van der Waals surface area (Å²) >= 11 is 0. The third kappa shape index (κ3) is 5.68. The summed E-state index contributed by atoms with van der Waals surface area (Å²) in [7, 11) is 1.71. The van der Waals surface area contributed by atoms with Crippen LogP contribution in [0.15, 0.2) is 55.0 Å². The first-order valence-electron chi connectivity index (χ1n) is 11.1. The highest BCUT2D eigenvalue weighted by Gasteiger charge is 2.36. The summed E-state index contributed by atoms with van der Waals surface area (Å²) in [6.07, 6.45) is 0.375. The zero-order valence-electron chi connectivity index (χ0n) is 19.2. The van der Waals surface area contributed by atoms with Crippen molar-refractivity contribution in [3.8, 4) is 11.1 Å². The molecule has 2 N–H and O–H groups in total. The normalized spacial score (nSPS) is 14.2. The summed E-state index contributed by atoms with van der Waals surface area (Å²) in [6, 6.07) is 10.1. The van der Waals surface area contributed by atoms with E-state index in [0.29, 0.717) is 38.7 Å². The number of amides is 1. The molecule has 35 heavy (non-hydrogen) atoms. The van der Waals surface area contributed by atoms with E-state index in [1.165, 1.54) is 12.3 Å². The van der Waals surface area contributed by atoms with Crippen LogP contribution in [0, 0.1) is 0 Å². The third-order valence-corrected chi connectivity index (χ3v) is 5.87. The number of carbonyl (C=O) groups is 1. The smallest absolute Gasteiger partial charge is 0.353 e. The van der Waals surface area contributed by atoms with Gasteiger partial charge in [0.25, 0.3) is 0 Å². The number of rotatable bonds is 6. The van der Waals surface area contributed by atoms with Crippen LogP contribution >= 0.6 is 0 Å². The van der Waals surface area contributed by atoms with Gasteiger partial charge in [-0.15, -0.1) is 0 Å². The summed E-state index contributed by atoms with van der Waals surface area (Å²) in [5.74, 6) is 0.338. The van der Waals surface area contributed by atoms with E-state index < -0.39 is 11.7 Å². The van der Waals surface area contributed by atoms with Crippen LogP contribution < -0.4 is 15.5 Å². The fourth-order valence-electron chi connectivity index (χ4n) is 3.99. The van der Waals surface area contributed by atoms with Gasteiger partial charge in [-0.1, -0.05) is 18.2 Å². The Bertz CT molecular complexity index is 1160. The van der Waals surface area contributed by atoms with Gasteiger partial charge in [0.2, 0.25) is 11.9 Å². The fraction of sp³-hybridized carbons (Fsp3) is 0.333. The van der Waals surface area contributed by atoms with E-state index in [1.54, 1.807) is 29.2 Å². The molecule has 1 amide bonds. The van der Waals surface area contributed by atoms with Crippen molar-refractivity contribution in [1.29, 1.82) is 0 Å². The van der Waals surface area contributed by atoms with Gasteiger partial charge in [-0.2, -0.15) is 13.2 Å². The Kier molecular flexibility index (Phi) is 7.15. The Balaban J connectivity index is 1.41. The van der Waals surface area contributed by atoms with Crippen molar-refractivity contribution in [2.75, 3.05) is 49.6 Å². The molecule has 3 heterocycles. The molecule has 3 aromatic rings. The number of aromatic nitrogens is 3. The second-order valence-electron chi connectivity index (χ2n) is 8.27. The number of benzene rings is 1. The van der Waals surface area contributed by atoms with Gasteiger partial charge in [0, 0.05) is 63.9 Å². The number of nitrogens with zero attached hydrogens (tertiary/aromatic N) is 6. The van der Waals surface area contributed by atoms with E-state index in [0.717, 1.165) is 22.8 Å². The monoisotopic (exact) mass is 485 g/mol. The standard InChI is InChI=1S/C24H26F3N7O/c1-32(21(35)13-28)16-17-4-2-5-18(12-17)19-14-30-23(31-15-19)34-10-8-33(9-11-34)22-20(24(25,26)27)6-3-7-29-22/h2-7,12,14-15H,8-11,13,16,28H2,1H3. The van der Waals surface area contributed by atoms with Crippen molar-refractivity contribution in [2.45, 2.75) is 12.7 Å². The molecule has 0 aliphatic carbocycles. The van der Waals surface area contributed by atoms with Crippen molar-refractivity contribution >= 4 is 17.7 Å². The van der Waals surface area contributed by atoms with Crippen molar-refractivity contribution < 1.29 is 18.0 Å². The molecule has 2 aromatic heterocycles. The maximum absolute atomic E-state index is 13.3. The van der Waals surface area contributed by atoms with Crippen molar-refractivity contribution in [3.63, 3.8) is 0 Å². The van der Waals surface area contributed by atoms with Crippen LogP contribution in [0.3, 0.4) is 0 Å². The minimum Gasteiger partial charge on any atom is -0.353 e. The van der Waals surface area contributed by atoms with E-state index in [9.17, 15) is 18.0 Å². The summed E-state index contributed by atoms with van der Waals surface area (Å²) in [5.41, 5.74) is 7.40. The first-order chi connectivity index (χ1) is 16.8. The van der Waals surface area contributed by atoms with E-state index in [1.807, 2.05) is 29.2 Å². The highest BCUT2D eigenvalue weighted by molar-refractivity contribution is 5.77. The maximum atomic E-state index is 13.3. The number of halogens is 3. The van der Waals surface area contributed by atoms with E-state index >= 15 is 0 Å². The van der Waals surface area contributed by atoms with Crippen LogP contribution in [0.1, 0.15) is 11.1 Å². The number of piperazine rings is 1. The Hall–Kier alpha value is -3.73. The molecular formula is C24H26F3N7O. The lowest BCUT2D eigenvalue weighted by Crippen LogP contribution is -2.48. The fourth-order valence-corrected chi connectivity index (χ4v) is 3.99. The first kappa shape index (κ1) is 24.4. The number of hydrogen-bond donors (Lipinski definition) is 1. The molecule has 0 radical (unpaired) electrons. The first-order valence-corrected chi connectivity index (χ1v) is 11.1. The van der Waals surface area contributed by atoms with Crippen LogP contribution in [0.2, 0.25) is 0 Å². The summed E-state index contributed by atoms with van der Waals surface area (Å²) in [6.45, 7) is 2.11.